The fourth-order valence-corrected chi connectivity index (χ4v) is 2.67. The zero-order valence-electron chi connectivity index (χ0n) is 14.6. The second-order valence-corrected chi connectivity index (χ2v) is 6.46. The fraction of sp³-hybridized carbons (Fsp3) is 0.444. The maximum absolute atomic E-state index is 5.98. The summed E-state index contributed by atoms with van der Waals surface area (Å²) in [5.74, 6) is 2.13. The number of aryl methyl sites for hydroxylation is 1. The second kappa shape index (κ2) is 9.37. The van der Waals surface area contributed by atoms with Crippen LogP contribution in [0.15, 0.2) is 29.4 Å². The number of hydrogen-bond donors (Lipinski definition) is 2. The summed E-state index contributed by atoms with van der Waals surface area (Å²) < 4.78 is 5.98. The summed E-state index contributed by atoms with van der Waals surface area (Å²) in [7, 11) is 0. The third kappa shape index (κ3) is 5.60. The van der Waals surface area contributed by atoms with E-state index in [1.54, 1.807) is 6.07 Å². The number of unbranched alkanes of at least 4 members (excludes halogenated alkanes) is 2. The lowest BCUT2D eigenvalue weighted by Gasteiger charge is -2.14. The van der Waals surface area contributed by atoms with Crippen LogP contribution < -0.4 is 15.8 Å². The Balaban J connectivity index is 2.04. The van der Waals surface area contributed by atoms with Gasteiger partial charge in [0.05, 0.1) is 6.61 Å². The maximum atomic E-state index is 5.98. The molecule has 130 valence electrons. The molecule has 2 rings (SSSR count). The van der Waals surface area contributed by atoms with E-state index in [0.717, 1.165) is 30.2 Å². The summed E-state index contributed by atoms with van der Waals surface area (Å²) in [5.41, 5.74) is 8.12. The lowest BCUT2D eigenvalue weighted by molar-refractivity contribution is 0.303. The summed E-state index contributed by atoms with van der Waals surface area (Å²) in [4.78, 5) is 8.58. The van der Waals surface area contributed by atoms with E-state index in [1.165, 1.54) is 30.2 Å². The molecular formula is C18H26N4OS. The van der Waals surface area contributed by atoms with Crippen LogP contribution in [0.2, 0.25) is 0 Å². The van der Waals surface area contributed by atoms with Gasteiger partial charge in [0.25, 0.3) is 0 Å². The highest BCUT2D eigenvalue weighted by Gasteiger charge is 2.07. The smallest absolute Gasteiger partial charge is 0.191 e. The average Bonchev–Trinajstić information content (AvgIpc) is 2.57. The van der Waals surface area contributed by atoms with Crippen LogP contribution in [0.5, 0.6) is 5.75 Å². The number of nitrogens with zero attached hydrogens (tertiary/aromatic N) is 2. The molecule has 0 atom stereocenters. The Kier molecular flexibility index (Phi) is 7.18. The number of nitrogen functional groups attached to an aromatic ring is 1. The van der Waals surface area contributed by atoms with Gasteiger partial charge >= 0.3 is 0 Å². The third-order valence-electron chi connectivity index (χ3n) is 3.60. The van der Waals surface area contributed by atoms with E-state index in [9.17, 15) is 0 Å². The minimum absolute atomic E-state index is 0.469. The van der Waals surface area contributed by atoms with E-state index in [2.05, 4.69) is 47.3 Å². The summed E-state index contributed by atoms with van der Waals surface area (Å²) in [6.07, 6.45) is 5.40. The summed E-state index contributed by atoms with van der Waals surface area (Å²) in [6.45, 7) is 5.65. The van der Waals surface area contributed by atoms with Gasteiger partial charge in [0, 0.05) is 18.2 Å². The van der Waals surface area contributed by atoms with Crippen LogP contribution in [-0.4, -0.2) is 22.8 Å². The quantitative estimate of drug-likeness (QED) is 0.401. The van der Waals surface area contributed by atoms with Crippen molar-refractivity contribution in [1.29, 1.82) is 0 Å². The number of aromatic nitrogens is 2. The van der Waals surface area contributed by atoms with E-state index < -0.39 is 0 Å². The highest BCUT2D eigenvalue weighted by Crippen LogP contribution is 2.23. The molecule has 24 heavy (non-hydrogen) atoms. The van der Waals surface area contributed by atoms with Gasteiger partial charge in [0.15, 0.2) is 5.16 Å². The summed E-state index contributed by atoms with van der Waals surface area (Å²) in [5, 5.41) is 3.98. The van der Waals surface area contributed by atoms with Gasteiger partial charge in [0.1, 0.15) is 17.4 Å². The lowest BCUT2D eigenvalue weighted by atomic mass is 10.1. The molecule has 0 fully saturated rings. The molecule has 0 unspecified atom stereocenters. The van der Waals surface area contributed by atoms with E-state index in [4.69, 9.17) is 10.5 Å². The molecule has 3 N–H and O–H groups in total. The number of benzene rings is 1. The number of ether oxygens (including phenoxy) is 1. The Morgan fingerprint density at radius 3 is 2.79 bits per heavy atom. The number of thioether (sulfide) groups is 1. The molecule has 1 heterocycles. The molecule has 0 saturated carbocycles. The van der Waals surface area contributed by atoms with Gasteiger partial charge in [-0.05, 0) is 31.2 Å². The predicted molar refractivity (Wildman–Crippen MR) is 102 cm³/mol. The molecule has 6 heteroatoms. The first kappa shape index (κ1) is 18.4. The SMILES string of the molecule is CCCCCOc1cc(C)ccc1CNc1cc(N)nc(SC)n1. The van der Waals surface area contributed by atoms with E-state index in [-0.39, 0.29) is 0 Å². The zero-order valence-corrected chi connectivity index (χ0v) is 15.4. The lowest BCUT2D eigenvalue weighted by Crippen LogP contribution is -2.07. The van der Waals surface area contributed by atoms with Crippen molar-refractivity contribution in [3.63, 3.8) is 0 Å². The second-order valence-electron chi connectivity index (χ2n) is 5.69. The van der Waals surface area contributed by atoms with Crippen molar-refractivity contribution in [2.45, 2.75) is 44.8 Å². The van der Waals surface area contributed by atoms with Crippen LogP contribution in [0.25, 0.3) is 0 Å². The predicted octanol–water partition coefficient (Wildman–Crippen LogP) is 4.27. The van der Waals surface area contributed by atoms with Crippen LogP contribution >= 0.6 is 11.8 Å². The number of nitrogens with one attached hydrogen (secondary N) is 1. The Labute approximate surface area is 148 Å². The summed E-state index contributed by atoms with van der Waals surface area (Å²) >= 11 is 1.47. The van der Waals surface area contributed by atoms with Crippen molar-refractivity contribution in [3.8, 4) is 5.75 Å². The highest BCUT2D eigenvalue weighted by molar-refractivity contribution is 7.98. The number of anilines is 2. The van der Waals surface area contributed by atoms with Gasteiger partial charge in [-0.25, -0.2) is 9.97 Å². The maximum Gasteiger partial charge on any atom is 0.191 e. The van der Waals surface area contributed by atoms with Gasteiger partial charge in [0.2, 0.25) is 0 Å². The van der Waals surface area contributed by atoms with Gasteiger partial charge in [-0.2, -0.15) is 0 Å². The molecule has 2 aromatic rings. The van der Waals surface area contributed by atoms with Gasteiger partial charge in [-0.3, -0.25) is 0 Å². The van der Waals surface area contributed by atoms with Gasteiger partial charge in [-0.15, -0.1) is 0 Å². The summed E-state index contributed by atoms with van der Waals surface area (Å²) in [6, 6.07) is 8.02. The molecule has 0 aliphatic heterocycles. The average molecular weight is 347 g/mol. The molecule has 0 aliphatic rings. The standard InChI is InChI=1S/C18H26N4OS/c1-4-5-6-9-23-15-10-13(2)7-8-14(15)12-20-17-11-16(19)21-18(22-17)24-3/h7-8,10-11H,4-6,9,12H2,1-3H3,(H3,19,20,21,22). The monoisotopic (exact) mass is 346 g/mol. The number of hydrogen-bond acceptors (Lipinski definition) is 6. The molecule has 5 nitrogen and oxygen atoms in total. The van der Waals surface area contributed by atoms with E-state index >= 15 is 0 Å². The largest absolute Gasteiger partial charge is 0.493 e. The van der Waals surface area contributed by atoms with Crippen molar-refractivity contribution in [2.24, 2.45) is 0 Å². The molecule has 0 amide bonds. The minimum atomic E-state index is 0.469. The molecule has 1 aromatic heterocycles. The van der Waals surface area contributed by atoms with Crippen molar-refractivity contribution < 1.29 is 4.74 Å². The van der Waals surface area contributed by atoms with Crippen molar-refractivity contribution >= 4 is 23.4 Å². The molecule has 0 saturated heterocycles. The Hall–Kier alpha value is -1.95. The Morgan fingerprint density at radius 2 is 2.04 bits per heavy atom. The molecule has 0 spiro atoms. The van der Waals surface area contributed by atoms with Crippen LogP contribution in [0.3, 0.4) is 0 Å². The number of rotatable bonds is 9. The molecule has 0 aliphatic carbocycles. The van der Waals surface area contributed by atoms with Crippen molar-refractivity contribution in [2.75, 3.05) is 23.9 Å². The van der Waals surface area contributed by atoms with Crippen molar-refractivity contribution in [1.82, 2.24) is 9.97 Å². The van der Waals surface area contributed by atoms with Crippen LogP contribution in [0.1, 0.15) is 37.3 Å². The van der Waals surface area contributed by atoms with E-state index in [1.807, 2.05) is 6.26 Å². The highest BCUT2D eigenvalue weighted by atomic mass is 32.2. The third-order valence-corrected chi connectivity index (χ3v) is 4.14. The van der Waals surface area contributed by atoms with Crippen molar-refractivity contribution in [3.05, 3.63) is 35.4 Å². The minimum Gasteiger partial charge on any atom is -0.493 e. The first-order chi connectivity index (χ1) is 11.6. The first-order valence-corrected chi connectivity index (χ1v) is 9.49. The van der Waals surface area contributed by atoms with Crippen LogP contribution in [-0.2, 0) is 6.54 Å². The Bertz CT molecular complexity index is 663. The zero-order chi connectivity index (χ0) is 17.4. The van der Waals surface area contributed by atoms with Crippen LogP contribution in [0.4, 0.5) is 11.6 Å². The molecule has 1 aromatic carbocycles. The fourth-order valence-electron chi connectivity index (χ4n) is 2.29. The molecular weight excluding hydrogens is 320 g/mol. The topological polar surface area (TPSA) is 73.1 Å². The van der Waals surface area contributed by atoms with Gasteiger partial charge in [-0.1, -0.05) is 43.7 Å². The Morgan fingerprint density at radius 1 is 1.21 bits per heavy atom. The first-order valence-electron chi connectivity index (χ1n) is 8.27. The van der Waals surface area contributed by atoms with Crippen LogP contribution in [0, 0.1) is 6.92 Å². The molecule has 0 bridgehead atoms. The van der Waals surface area contributed by atoms with Gasteiger partial charge < -0.3 is 15.8 Å². The molecule has 0 radical (unpaired) electrons. The van der Waals surface area contributed by atoms with E-state index in [0.29, 0.717) is 17.5 Å². The number of nitrogens with two attached hydrogens (primary N) is 1. The normalized spacial score (nSPS) is 10.6.